The van der Waals surface area contributed by atoms with E-state index in [9.17, 15) is 0 Å². The Labute approximate surface area is 157 Å². The van der Waals surface area contributed by atoms with Crippen LogP contribution in [0.25, 0.3) is 10.9 Å². The summed E-state index contributed by atoms with van der Waals surface area (Å²) in [4.78, 5) is 4.16. The van der Waals surface area contributed by atoms with Gasteiger partial charge < -0.3 is 9.47 Å². The molecule has 2 aromatic carbocycles. The summed E-state index contributed by atoms with van der Waals surface area (Å²) in [5.41, 5.74) is 3.32. The summed E-state index contributed by atoms with van der Waals surface area (Å²) in [7, 11) is 0. The maximum atomic E-state index is 5.96. The molecule has 0 aliphatic carbocycles. The van der Waals surface area contributed by atoms with Crippen LogP contribution < -0.4 is 14.5 Å². The van der Waals surface area contributed by atoms with Gasteiger partial charge in [0.15, 0.2) is 5.75 Å². The summed E-state index contributed by atoms with van der Waals surface area (Å²) in [6, 6.07) is 20.5. The van der Waals surface area contributed by atoms with E-state index < -0.39 is 0 Å². The zero-order valence-electron chi connectivity index (χ0n) is 14.8. The molecule has 5 rings (SSSR count). The lowest BCUT2D eigenvalue weighted by molar-refractivity contribution is 0.301. The van der Waals surface area contributed by atoms with Crippen LogP contribution in [0, 0.1) is 0 Å². The van der Waals surface area contributed by atoms with Gasteiger partial charge in [-0.25, -0.2) is 0 Å². The monoisotopic (exact) mass is 357 g/mol. The van der Waals surface area contributed by atoms with Crippen molar-refractivity contribution >= 4 is 16.6 Å². The molecule has 5 nitrogen and oxygen atoms in total. The number of fused-ring (bicyclic) bond motifs is 2. The fourth-order valence-corrected chi connectivity index (χ4v) is 3.43. The van der Waals surface area contributed by atoms with E-state index in [0.29, 0.717) is 13.2 Å². The van der Waals surface area contributed by atoms with Crippen molar-refractivity contribution < 1.29 is 9.47 Å². The first kappa shape index (κ1) is 15.8. The van der Waals surface area contributed by atoms with E-state index in [-0.39, 0.29) is 0 Å². The van der Waals surface area contributed by atoms with Gasteiger partial charge in [-0.2, -0.15) is 0 Å². The highest BCUT2D eigenvalue weighted by Gasteiger charge is 2.20. The minimum atomic E-state index is 0.566. The molecule has 1 aliphatic heterocycles. The van der Waals surface area contributed by atoms with Crippen LogP contribution in [0.4, 0.5) is 5.69 Å². The van der Waals surface area contributed by atoms with Crippen LogP contribution >= 0.6 is 0 Å². The zero-order chi connectivity index (χ0) is 18.1. The molecule has 5 heteroatoms. The summed E-state index contributed by atoms with van der Waals surface area (Å²) < 4.78 is 13.8. The van der Waals surface area contributed by atoms with Crippen LogP contribution in [0.5, 0.6) is 11.5 Å². The number of benzene rings is 2. The van der Waals surface area contributed by atoms with Crippen molar-refractivity contribution in [2.45, 2.75) is 6.61 Å². The third-order valence-electron chi connectivity index (χ3n) is 4.75. The van der Waals surface area contributed by atoms with Crippen molar-refractivity contribution in [3.8, 4) is 11.5 Å². The second-order valence-corrected chi connectivity index (χ2v) is 6.47. The zero-order valence-corrected chi connectivity index (χ0v) is 14.8. The Morgan fingerprint density at radius 3 is 2.89 bits per heavy atom. The minimum Gasteiger partial charge on any atom is -0.489 e. The lowest BCUT2D eigenvalue weighted by Gasteiger charge is -2.32. The highest BCUT2D eigenvalue weighted by molar-refractivity contribution is 5.83. The van der Waals surface area contributed by atoms with E-state index in [1.165, 1.54) is 0 Å². The van der Waals surface area contributed by atoms with Crippen LogP contribution in [-0.4, -0.2) is 22.8 Å². The Kier molecular flexibility index (Phi) is 3.90. The highest BCUT2D eigenvalue weighted by Crippen LogP contribution is 2.32. The van der Waals surface area contributed by atoms with Gasteiger partial charge >= 0.3 is 0 Å². The summed E-state index contributed by atoms with van der Waals surface area (Å²) in [5.74, 6) is 1.68. The SMILES string of the molecule is c1ccc(COc2ccc3c(ccn3N3CCOc4cnccc43)c2)cc1. The van der Waals surface area contributed by atoms with Crippen molar-refractivity contribution in [2.24, 2.45) is 0 Å². The molecule has 134 valence electrons. The predicted octanol–water partition coefficient (Wildman–Crippen LogP) is 4.28. The van der Waals surface area contributed by atoms with Gasteiger partial charge in [0.25, 0.3) is 0 Å². The fraction of sp³-hybridized carbons (Fsp3) is 0.136. The maximum Gasteiger partial charge on any atom is 0.162 e. The minimum absolute atomic E-state index is 0.566. The van der Waals surface area contributed by atoms with Gasteiger partial charge in [-0.15, -0.1) is 0 Å². The topological polar surface area (TPSA) is 39.5 Å². The fourth-order valence-electron chi connectivity index (χ4n) is 3.43. The average molecular weight is 357 g/mol. The number of hydrogen-bond donors (Lipinski definition) is 0. The highest BCUT2D eigenvalue weighted by atomic mass is 16.5. The number of ether oxygens (including phenoxy) is 2. The van der Waals surface area contributed by atoms with Crippen molar-refractivity contribution in [3.05, 3.63) is 84.8 Å². The van der Waals surface area contributed by atoms with Gasteiger partial charge in [-0.1, -0.05) is 30.3 Å². The normalized spacial score (nSPS) is 13.3. The van der Waals surface area contributed by atoms with Crippen molar-refractivity contribution in [1.29, 1.82) is 0 Å². The van der Waals surface area contributed by atoms with Crippen LogP contribution in [0.15, 0.2) is 79.3 Å². The van der Waals surface area contributed by atoms with E-state index in [1.807, 2.05) is 30.3 Å². The second kappa shape index (κ2) is 6.68. The Bertz CT molecular complexity index is 1080. The number of aromatic nitrogens is 2. The Morgan fingerprint density at radius 1 is 1.04 bits per heavy atom. The second-order valence-electron chi connectivity index (χ2n) is 6.47. The van der Waals surface area contributed by atoms with Crippen molar-refractivity contribution in [3.63, 3.8) is 0 Å². The van der Waals surface area contributed by atoms with Gasteiger partial charge in [-0.3, -0.25) is 14.7 Å². The molecule has 0 amide bonds. The van der Waals surface area contributed by atoms with Crippen LogP contribution in [0.2, 0.25) is 0 Å². The third-order valence-corrected chi connectivity index (χ3v) is 4.75. The third kappa shape index (κ3) is 2.97. The van der Waals surface area contributed by atoms with Gasteiger partial charge in [0.2, 0.25) is 0 Å². The van der Waals surface area contributed by atoms with E-state index >= 15 is 0 Å². The van der Waals surface area contributed by atoms with Gasteiger partial charge in [0, 0.05) is 17.8 Å². The number of anilines is 1. The predicted molar refractivity (Wildman–Crippen MR) is 105 cm³/mol. The molecule has 0 spiro atoms. The molecule has 0 fully saturated rings. The molecule has 3 heterocycles. The Morgan fingerprint density at radius 2 is 1.96 bits per heavy atom. The first-order valence-electron chi connectivity index (χ1n) is 9.01. The summed E-state index contributed by atoms with van der Waals surface area (Å²) in [6.07, 6.45) is 5.64. The number of hydrogen-bond acceptors (Lipinski definition) is 4. The van der Waals surface area contributed by atoms with Crippen LogP contribution in [0.3, 0.4) is 0 Å². The quantitative estimate of drug-likeness (QED) is 0.547. The largest absolute Gasteiger partial charge is 0.489 e. The average Bonchev–Trinajstić information content (AvgIpc) is 3.16. The van der Waals surface area contributed by atoms with E-state index in [4.69, 9.17) is 9.47 Å². The number of pyridine rings is 1. The number of nitrogens with zero attached hydrogens (tertiary/aromatic N) is 3. The molecule has 2 aromatic heterocycles. The Hall–Kier alpha value is -3.47. The van der Waals surface area contributed by atoms with Gasteiger partial charge in [0.1, 0.15) is 24.7 Å². The summed E-state index contributed by atoms with van der Waals surface area (Å²) in [6.45, 7) is 1.99. The standard InChI is InChI=1S/C22H19N3O2/c1-2-4-17(5-3-1)16-27-19-6-7-20-18(14-19)9-11-24(20)25-12-13-26-22-15-23-10-8-21(22)25/h1-11,14-15H,12-13,16H2. The summed E-state index contributed by atoms with van der Waals surface area (Å²) >= 11 is 0. The van der Waals surface area contributed by atoms with Crippen LogP contribution in [0.1, 0.15) is 5.56 Å². The van der Waals surface area contributed by atoms with Gasteiger partial charge in [0.05, 0.1) is 18.3 Å². The molecule has 0 N–H and O–H groups in total. The van der Waals surface area contributed by atoms with Crippen LogP contribution in [-0.2, 0) is 6.61 Å². The molecular formula is C22H19N3O2. The summed E-state index contributed by atoms with van der Waals surface area (Å²) in [5, 5.41) is 3.36. The molecule has 0 saturated carbocycles. The lowest BCUT2D eigenvalue weighted by Crippen LogP contribution is -2.36. The maximum absolute atomic E-state index is 5.96. The molecule has 0 unspecified atom stereocenters. The number of rotatable bonds is 4. The molecule has 0 bridgehead atoms. The van der Waals surface area contributed by atoms with E-state index in [0.717, 1.165) is 40.2 Å². The molecule has 0 atom stereocenters. The molecule has 0 saturated heterocycles. The van der Waals surface area contributed by atoms with Crippen molar-refractivity contribution in [2.75, 3.05) is 18.2 Å². The smallest absolute Gasteiger partial charge is 0.162 e. The molecule has 0 radical (unpaired) electrons. The van der Waals surface area contributed by atoms with E-state index in [2.05, 4.69) is 51.2 Å². The molecule has 4 aromatic rings. The Balaban J connectivity index is 1.43. The molecule has 1 aliphatic rings. The van der Waals surface area contributed by atoms with E-state index in [1.54, 1.807) is 12.4 Å². The van der Waals surface area contributed by atoms with Crippen molar-refractivity contribution in [1.82, 2.24) is 9.66 Å². The lowest BCUT2D eigenvalue weighted by atomic mass is 10.2. The first-order chi connectivity index (χ1) is 13.4. The first-order valence-corrected chi connectivity index (χ1v) is 9.01. The van der Waals surface area contributed by atoms with Gasteiger partial charge in [-0.05, 0) is 35.9 Å². The molecule has 27 heavy (non-hydrogen) atoms. The molecular weight excluding hydrogens is 338 g/mol.